The van der Waals surface area contributed by atoms with Crippen LogP contribution in [0.2, 0.25) is 0 Å². The first-order valence-corrected chi connectivity index (χ1v) is 7.16. The van der Waals surface area contributed by atoms with E-state index in [2.05, 4.69) is 10.2 Å². The lowest BCUT2D eigenvalue weighted by atomic mass is 10.1. The molecule has 0 radical (unpaired) electrons. The highest BCUT2D eigenvalue weighted by molar-refractivity contribution is 5.64. The van der Waals surface area contributed by atoms with Gasteiger partial charge in [0.05, 0.1) is 22.6 Å². The molecule has 0 aromatic heterocycles. The van der Waals surface area contributed by atoms with Gasteiger partial charge in [-0.2, -0.15) is 5.26 Å². The normalized spacial score (nSPS) is 11.7. The number of anilines is 1. The summed E-state index contributed by atoms with van der Waals surface area (Å²) < 4.78 is 0. The van der Waals surface area contributed by atoms with Gasteiger partial charge in [0, 0.05) is 12.6 Å². The van der Waals surface area contributed by atoms with Crippen LogP contribution in [0.4, 0.5) is 11.4 Å². The minimum absolute atomic E-state index is 0.0754. The number of rotatable bonds is 6. The van der Waals surface area contributed by atoms with E-state index in [0.717, 1.165) is 5.56 Å². The molecule has 0 saturated heterocycles. The predicted molar refractivity (Wildman–Crippen MR) is 89.2 cm³/mol. The number of benzene rings is 2. The molecular weight excluding hydrogens is 292 g/mol. The number of nitriles is 1. The molecule has 0 aliphatic heterocycles. The van der Waals surface area contributed by atoms with Gasteiger partial charge in [0.25, 0.3) is 5.69 Å². The highest BCUT2D eigenvalue weighted by Gasteiger charge is 2.18. The maximum atomic E-state index is 11.2. The van der Waals surface area contributed by atoms with E-state index in [9.17, 15) is 10.1 Å². The Balaban J connectivity index is 2.22. The number of likely N-dealkylation sites (N-methyl/N-ethyl adjacent to an activating group) is 1. The van der Waals surface area contributed by atoms with Crippen LogP contribution in [-0.4, -0.2) is 30.5 Å². The van der Waals surface area contributed by atoms with Crippen molar-refractivity contribution in [1.82, 2.24) is 4.90 Å². The smallest absolute Gasteiger partial charge is 0.293 e. The van der Waals surface area contributed by atoms with E-state index in [0.29, 0.717) is 12.2 Å². The van der Waals surface area contributed by atoms with Crippen LogP contribution < -0.4 is 5.32 Å². The fourth-order valence-electron chi connectivity index (χ4n) is 2.38. The molecule has 6 heteroatoms. The Hall–Kier alpha value is -2.91. The fraction of sp³-hybridized carbons (Fsp3) is 0.235. The quantitative estimate of drug-likeness (QED) is 0.654. The van der Waals surface area contributed by atoms with Crippen LogP contribution >= 0.6 is 0 Å². The number of nitrogens with zero attached hydrogens (tertiary/aromatic N) is 3. The average molecular weight is 310 g/mol. The predicted octanol–water partition coefficient (Wildman–Crippen LogP) is 3.18. The number of hydrogen-bond acceptors (Lipinski definition) is 5. The lowest BCUT2D eigenvalue weighted by molar-refractivity contribution is -0.384. The maximum Gasteiger partial charge on any atom is 0.293 e. The van der Waals surface area contributed by atoms with Crippen molar-refractivity contribution in [3.63, 3.8) is 0 Å². The van der Waals surface area contributed by atoms with E-state index >= 15 is 0 Å². The fourth-order valence-corrected chi connectivity index (χ4v) is 2.38. The maximum absolute atomic E-state index is 11.2. The molecule has 0 saturated carbocycles. The van der Waals surface area contributed by atoms with Crippen molar-refractivity contribution >= 4 is 11.4 Å². The van der Waals surface area contributed by atoms with E-state index in [1.165, 1.54) is 6.07 Å². The van der Waals surface area contributed by atoms with E-state index in [-0.39, 0.29) is 17.3 Å². The zero-order valence-corrected chi connectivity index (χ0v) is 13.1. The molecule has 0 aliphatic rings. The van der Waals surface area contributed by atoms with Crippen LogP contribution in [0.25, 0.3) is 0 Å². The Morgan fingerprint density at radius 1 is 1.26 bits per heavy atom. The molecule has 1 atom stereocenters. The lowest BCUT2D eigenvalue weighted by Gasteiger charge is -2.25. The highest BCUT2D eigenvalue weighted by Crippen LogP contribution is 2.27. The Kier molecular flexibility index (Phi) is 5.28. The van der Waals surface area contributed by atoms with Crippen molar-refractivity contribution in [3.8, 4) is 6.07 Å². The van der Waals surface area contributed by atoms with Gasteiger partial charge in [-0.05, 0) is 31.8 Å². The summed E-state index contributed by atoms with van der Waals surface area (Å²) >= 11 is 0. The molecule has 2 aromatic carbocycles. The summed E-state index contributed by atoms with van der Waals surface area (Å²) in [4.78, 5) is 12.8. The summed E-state index contributed by atoms with van der Waals surface area (Å²) in [7, 11) is 3.93. The number of nitro groups is 1. The number of nitro benzene ring substituents is 1. The van der Waals surface area contributed by atoms with Gasteiger partial charge in [0.1, 0.15) is 5.69 Å². The summed E-state index contributed by atoms with van der Waals surface area (Å²) in [5.41, 5.74) is 1.72. The number of nitrogens with one attached hydrogen (secondary N) is 1. The number of hydrogen-bond donors (Lipinski definition) is 1. The molecule has 23 heavy (non-hydrogen) atoms. The van der Waals surface area contributed by atoms with Crippen LogP contribution in [0.1, 0.15) is 17.2 Å². The molecule has 2 aromatic rings. The second-order valence-electron chi connectivity index (χ2n) is 5.37. The Bertz CT molecular complexity index is 723. The third-order valence-corrected chi connectivity index (χ3v) is 3.62. The molecule has 6 nitrogen and oxygen atoms in total. The molecular formula is C17H18N4O2. The molecule has 0 heterocycles. The van der Waals surface area contributed by atoms with Crippen LogP contribution in [0.3, 0.4) is 0 Å². The van der Waals surface area contributed by atoms with Crippen molar-refractivity contribution in [1.29, 1.82) is 5.26 Å². The van der Waals surface area contributed by atoms with Crippen molar-refractivity contribution in [2.24, 2.45) is 0 Å². The Labute approximate surface area is 135 Å². The third kappa shape index (κ3) is 4.05. The molecule has 1 N–H and O–H groups in total. The largest absolute Gasteiger partial charge is 0.378 e. The standard InChI is InChI=1S/C17H18N4O2/c1-20(2)17(14-6-4-3-5-7-14)12-19-15-9-8-13(11-18)10-16(15)21(22)23/h3-10,17,19H,12H2,1-2H3. The van der Waals surface area contributed by atoms with Crippen molar-refractivity contribution in [3.05, 3.63) is 69.8 Å². The topological polar surface area (TPSA) is 82.2 Å². The second-order valence-corrected chi connectivity index (χ2v) is 5.37. The molecule has 118 valence electrons. The summed E-state index contributed by atoms with van der Waals surface area (Å²) in [6.07, 6.45) is 0. The Morgan fingerprint density at radius 3 is 2.52 bits per heavy atom. The summed E-state index contributed by atoms with van der Waals surface area (Å²) in [6.45, 7) is 0.518. The minimum Gasteiger partial charge on any atom is -0.378 e. The summed E-state index contributed by atoms with van der Waals surface area (Å²) in [5.74, 6) is 0. The molecule has 0 aliphatic carbocycles. The zero-order chi connectivity index (χ0) is 16.8. The average Bonchev–Trinajstić information content (AvgIpc) is 2.55. The van der Waals surface area contributed by atoms with Crippen LogP contribution in [0.15, 0.2) is 48.5 Å². The van der Waals surface area contributed by atoms with Crippen LogP contribution in [0, 0.1) is 21.4 Å². The van der Waals surface area contributed by atoms with Gasteiger partial charge in [-0.25, -0.2) is 0 Å². The molecule has 0 amide bonds. The lowest BCUT2D eigenvalue weighted by Crippen LogP contribution is -2.27. The van der Waals surface area contributed by atoms with E-state index < -0.39 is 4.92 Å². The van der Waals surface area contributed by atoms with Gasteiger partial charge in [0.2, 0.25) is 0 Å². The van der Waals surface area contributed by atoms with Crippen LogP contribution in [0.5, 0.6) is 0 Å². The van der Waals surface area contributed by atoms with E-state index in [4.69, 9.17) is 5.26 Å². The van der Waals surface area contributed by atoms with Gasteiger partial charge >= 0.3 is 0 Å². The molecule has 2 rings (SSSR count). The first-order chi connectivity index (χ1) is 11.0. The van der Waals surface area contributed by atoms with Gasteiger partial charge in [-0.1, -0.05) is 30.3 Å². The zero-order valence-electron chi connectivity index (χ0n) is 13.1. The monoisotopic (exact) mass is 310 g/mol. The minimum atomic E-state index is -0.476. The van der Waals surface area contributed by atoms with Gasteiger partial charge in [0.15, 0.2) is 0 Å². The van der Waals surface area contributed by atoms with Gasteiger partial charge < -0.3 is 10.2 Å². The molecule has 1 unspecified atom stereocenters. The van der Waals surface area contributed by atoms with Crippen LogP contribution in [-0.2, 0) is 0 Å². The highest BCUT2D eigenvalue weighted by atomic mass is 16.6. The first kappa shape index (κ1) is 16.5. The first-order valence-electron chi connectivity index (χ1n) is 7.16. The van der Waals surface area contributed by atoms with Crippen molar-refractivity contribution < 1.29 is 4.92 Å². The second kappa shape index (κ2) is 7.38. The van der Waals surface area contributed by atoms with E-state index in [1.807, 2.05) is 50.5 Å². The molecule has 0 fully saturated rings. The molecule has 0 spiro atoms. The van der Waals surface area contributed by atoms with Gasteiger partial charge in [-0.15, -0.1) is 0 Å². The Morgan fingerprint density at radius 2 is 1.96 bits per heavy atom. The van der Waals surface area contributed by atoms with E-state index in [1.54, 1.807) is 12.1 Å². The van der Waals surface area contributed by atoms with Gasteiger partial charge in [-0.3, -0.25) is 10.1 Å². The summed E-state index contributed by atoms with van der Waals surface area (Å²) in [6, 6.07) is 16.4. The summed E-state index contributed by atoms with van der Waals surface area (Å²) in [5, 5.41) is 23.2. The van der Waals surface area contributed by atoms with Crippen molar-refractivity contribution in [2.45, 2.75) is 6.04 Å². The molecule has 0 bridgehead atoms. The van der Waals surface area contributed by atoms with Crippen molar-refractivity contribution in [2.75, 3.05) is 26.0 Å². The third-order valence-electron chi connectivity index (χ3n) is 3.62. The SMILES string of the molecule is CN(C)C(CNc1ccc(C#N)cc1[N+](=O)[O-])c1ccccc1.